The molecule has 9 nitrogen and oxygen atoms in total. The molecule has 3 aromatic rings. The van der Waals surface area contributed by atoms with Gasteiger partial charge in [-0.1, -0.05) is 29.8 Å². The summed E-state index contributed by atoms with van der Waals surface area (Å²) in [6.07, 6.45) is 1.46. The molecule has 0 radical (unpaired) electrons. The number of pyridine rings is 1. The number of carbonyl (C=O) groups excluding carboxylic acids is 3. The van der Waals surface area contributed by atoms with Crippen molar-refractivity contribution in [2.24, 2.45) is 0 Å². The van der Waals surface area contributed by atoms with Gasteiger partial charge in [0.2, 0.25) is 18.7 Å². The Morgan fingerprint density at radius 1 is 1.11 bits per heavy atom. The zero-order valence-corrected chi connectivity index (χ0v) is 24.3. The Balaban J connectivity index is 0.000000258. The van der Waals surface area contributed by atoms with Crippen LogP contribution in [0.15, 0.2) is 66.9 Å². The second-order valence-electron chi connectivity index (χ2n) is 9.64. The highest BCUT2D eigenvalue weighted by molar-refractivity contribution is 6.30. The number of nitrogens with one attached hydrogen (secondary N) is 1. The molecule has 1 saturated carbocycles. The van der Waals surface area contributed by atoms with E-state index in [-0.39, 0.29) is 12.1 Å². The standard InChI is InChI=1S/C13H12F4N2O2.C11H13N3O2.C6H5Cl/c14-8-1-9(15)3-11(2-8)19(7-20)6-12(21)18-10-4-13(16,17)5-10;1-9(16)3-5-14(8-15)11-6-10(7-12)2-4-13-11;7-6-4-2-1-3-5-6/h1-3,7,10H,4-6H2,(H,18,21);2,4,6,8-9,16H,3,5H2,1H3;1-5H. The van der Waals surface area contributed by atoms with Gasteiger partial charge in [0.1, 0.15) is 24.0 Å². The van der Waals surface area contributed by atoms with Crippen molar-refractivity contribution in [3.8, 4) is 6.07 Å². The average Bonchev–Trinajstić information content (AvgIpc) is 2.96. The Morgan fingerprint density at radius 2 is 1.73 bits per heavy atom. The van der Waals surface area contributed by atoms with Crippen LogP contribution in [0.5, 0.6) is 0 Å². The number of nitriles is 1. The van der Waals surface area contributed by atoms with E-state index in [0.29, 0.717) is 36.8 Å². The number of amides is 3. The lowest BCUT2D eigenvalue weighted by molar-refractivity contribution is -0.128. The number of hydrogen-bond donors (Lipinski definition) is 2. The monoisotopic (exact) mass is 635 g/mol. The summed E-state index contributed by atoms with van der Waals surface area (Å²) >= 11 is 5.54. The van der Waals surface area contributed by atoms with Crippen LogP contribution in [0.1, 0.15) is 31.7 Å². The van der Waals surface area contributed by atoms with Gasteiger partial charge in [0, 0.05) is 48.4 Å². The van der Waals surface area contributed by atoms with E-state index in [2.05, 4.69) is 10.3 Å². The molecule has 4 rings (SSSR count). The van der Waals surface area contributed by atoms with Gasteiger partial charge in [-0.25, -0.2) is 22.5 Å². The zero-order valence-electron chi connectivity index (χ0n) is 23.5. The molecule has 14 heteroatoms. The van der Waals surface area contributed by atoms with Gasteiger partial charge in [-0.3, -0.25) is 19.3 Å². The van der Waals surface area contributed by atoms with Crippen LogP contribution < -0.4 is 15.1 Å². The number of benzene rings is 2. The fraction of sp³-hybridized carbons (Fsp3) is 0.300. The molecule has 0 aliphatic heterocycles. The molecule has 0 bridgehead atoms. The van der Waals surface area contributed by atoms with E-state index in [1.54, 1.807) is 13.0 Å². The quantitative estimate of drug-likeness (QED) is 0.242. The third-order valence-corrected chi connectivity index (χ3v) is 6.14. The van der Waals surface area contributed by atoms with E-state index >= 15 is 0 Å². The number of rotatable bonds is 10. The van der Waals surface area contributed by atoms with Crippen LogP contribution >= 0.6 is 11.6 Å². The normalized spacial score (nSPS) is 13.7. The second-order valence-corrected chi connectivity index (χ2v) is 10.1. The van der Waals surface area contributed by atoms with Gasteiger partial charge in [0.25, 0.3) is 5.92 Å². The summed E-state index contributed by atoms with van der Waals surface area (Å²) in [5.74, 6) is -4.80. The van der Waals surface area contributed by atoms with Crippen molar-refractivity contribution >= 4 is 41.8 Å². The van der Waals surface area contributed by atoms with Crippen LogP contribution in [0.25, 0.3) is 0 Å². The van der Waals surface area contributed by atoms with E-state index in [9.17, 15) is 31.9 Å². The molecular formula is C30H30ClF4N5O4. The lowest BCUT2D eigenvalue weighted by Crippen LogP contribution is -2.52. The van der Waals surface area contributed by atoms with E-state index in [1.165, 1.54) is 17.2 Å². The molecule has 1 fully saturated rings. The molecule has 0 saturated heterocycles. The smallest absolute Gasteiger partial charge is 0.252 e. The molecule has 2 N–H and O–H groups in total. The highest BCUT2D eigenvalue weighted by Crippen LogP contribution is 2.37. The first-order valence-electron chi connectivity index (χ1n) is 13.2. The molecule has 44 heavy (non-hydrogen) atoms. The number of aliphatic hydroxyl groups excluding tert-OH is 1. The number of aliphatic hydroxyl groups is 1. The lowest BCUT2D eigenvalue weighted by Gasteiger charge is -2.35. The van der Waals surface area contributed by atoms with Crippen LogP contribution in [0, 0.1) is 23.0 Å². The molecule has 2 aromatic carbocycles. The predicted molar refractivity (Wildman–Crippen MR) is 156 cm³/mol. The Kier molecular flexibility index (Phi) is 14.2. The Bertz CT molecular complexity index is 1400. The minimum atomic E-state index is -2.77. The van der Waals surface area contributed by atoms with Crippen molar-refractivity contribution < 1.29 is 37.1 Å². The topological polar surface area (TPSA) is 127 Å². The van der Waals surface area contributed by atoms with Crippen LogP contribution in [0.4, 0.5) is 29.1 Å². The van der Waals surface area contributed by atoms with Crippen molar-refractivity contribution in [2.45, 2.75) is 44.3 Å². The molecule has 1 aliphatic rings. The van der Waals surface area contributed by atoms with E-state index in [0.717, 1.165) is 22.1 Å². The first-order chi connectivity index (χ1) is 20.8. The van der Waals surface area contributed by atoms with Crippen LogP contribution in [0.3, 0.4) is 0 Å². The Labute approximate surface area is 256 Å². The Hall–Kier alpha value is -4.54. The highest BCUT2D eigenvalue weighted by Gasteiger charge is 2.45. The lowest BCUT2D eigenvalue weighted by atomic mass is 9.88. The molecule has 3 amide bonds. The number of aromatic nitrogens is 1. The van der Waals surface area contributed by atoms with Gasteiger partial charge in [0.15, 0.2) is 0 Å². The van der Waals surface area contributed by atoms with E-state index in [4.69, 9.17) is 22.0 Å². The first kappa shape index (κ1) is 35.7. The maximum absolute atomic E-state index is 13.1. The van der Waals surface area contributed by atoms with Crippen molar-refractivity contribution in [1.29, 1.82) is 5.26 Å². The van der Waals surface area contributed by atoms with Gasteiger partial charge in [0.05, 0.1) is 17.7 Å². The van der Waals surface area contributed by atoms with E-state index in [1.807, 2.05) is 36.4 Å². The third-order valence-electron chi connectivity index (χ3n) is 5.89. The van der Waals surface area contributed by atoms with Gasteiger partial charge in [-0.2, -0.15) is 5.26 Å². The largest absolute Gasteiger partial charge is 0.393 e. The SMILES string of the molecule is CC(O)CCN(C=O)c1cc(C#N)ccn1.Clc1ccccc1.O=CN(CC(=O)NC1CC(F)(F)C1)c1cc(F)cc(F)c1. The maximum Gasteiger partial charge on any atom is 0.252 e. The van der Waals surface area contributed by atoms with Gasteiger partial charge in [-0.15, -0.1) is 0 Å². The van der Waals surface area contributed by atoms with Crippen molar-refractivity contribution in [1.82, 2.24) is 10.3 Å². The molecule has 1 atom stereocenters. The number of alkyl halides is 2. The summed E-state index contributed by atoms with van der Waals surface area (Å²) in [6.45, 7) is 1.53. The molecule has 0 spiro atoms. The third kappa shape index (κ3) is 12.8. The summed E-state index contributed by atoms with van der Waals surface area (Å²) in [5, 5.41) is 21.0. The summed E-state index contributed by atoms with van der Waals surface area (Å²) in [4.78, 5) is 39.5. The van der Waals surface area contributed by atoms with Crippen LogP contribution in [-0.2, 0) is 14.4 Å². The summed E-state index contributed by atoms with van der Waals surface area (Å²) < 4.78 is 51.3. The summed E-state index contributed by atoms with van der Waals surface area (Å²) in [6, 6.07) is 16.3. The average molecular weight is 636 g/mol. The fourth-order valence-corrected chi connectivity index (χ4v) is 3.84. The highest BCUT2D eigenvalue weighted by atomic mass is 35.5. The maximum atomic E-state index is 13.1. The molecule has 1 aromatic heterocycles. The minimum Gasteiger partial charge on any atom is -0.393 e. The van der Waals surface area contributed by atoms with Crippen LogP contribution in [0.2, 0.25) is 5.02 Å². The number of nitrogens with zero attached hydrogens (tertiary/aromatic N) is 4. The number of halogens is 5. The Morgan fingerprint density at radius 3 is 2.20 bits per heavy atom. The molecule has 1 aliphatic carbocycles. The second kappa shape index (κ2) is 17.5. The zero-order chi connectivity index (χ0) is 32.7. The fourth-order valence-electron chi connectivity index (χ4n) is 3.69. The van der Waals surface area contributed by atoms with Gasteiger partial charge < -0.3 is 15.3 Å². The molecule has 234 valence electrons. The van der Waals surface area contributed by atoms with Crippen LogP contribution in [-0.4, -0.2) is 60.0 Å². The molecule has 1 unspecified atom stereocenters. The van der Waals surface area contributed by atoms with E-state index < -0.39 is 55.0 Å². The van der Waals surface area contributed by atoms with Gasteiger partial charge >= 0.3 is 0 Å². The minimum absolute atomic E-state index is 0.128. The first-order valence-corrected chi connectivity index (χ1v) is 13.6. The molecular weight excluding hydrogens is 606 g/mol. The number of anilines is 2. The van der Waals surface area contributed by atoms with Crippen molar-refractivity contribution in [3.05, 3.63) is 89.1 Å². The number of carbonyl (C=O) groups is 3. The summed E-state index contributed by atoms with van der Waals surface area (Å²) in [5.41, 5.74) is 0.325. The molecule has 1 heterocycles. The van der Waals surface area contributed by atoms with Crippen molar-refractivity contribution in [3.63, 3.8) is 0 Å². The van der Waals surface area contributed by atoms with Crippen molar-refractivity contribution in [2.75, 3.05) is 22.9 Å². The number of hydrogen-bond acceptors (Lipinski definition) is 6. The predicted octanol–water partition coefficient (Wildman–Crippen LogP) is 4.87. The summed E-state index contributed by atoms with van der Waals surface area (Å²) in [7, 11) is 0. The van der Waals surface area contributed by atoms with Gasteiger partial charge in [-0.05, 0) is 49.7 Å².